The van der Waals surface area contributed by atoms with E-state index in [1.54, 1.807) is 48.2 Å². The van der Waals surface area contributed by atoms with E-state index in [2.05, 4.69) is 104 Å². The highest BCUT2D eigenvalue weighted by atomic mass is 32.2. The molecule has 0 radical (unpaired) electrons. The molecule has 3 N–H and O–H groups in total. The van der Waals surface area contributed by atoms with Gasteiger partial charge in [-0.1, -0.05) is 37.8 Å². The summed E-state index contributed by atoms with van der Waals surface area (Å²) in [5.41, 5.74) is 6.70. The number of aromatic carboxylic acids is 1. The fourth-order valence-electron chi connectivity index (χ4n) is 9.01. The molecule has 0 aromatic heterocycles. The Morgan fingerprint density at radius 1 is 0.766 bits per heavy atom. The molecule has 0 saturated heterocycles. The average molecular weight is 934 g/mol. The minimum atomic E-state index is -4.42. The van der Waals surface area contributed by atoms with Crippen molar-refractivity contribution in [2.75, 3.05) is 73.4 Å². The van der Waals surface area contributed by atoms with Crippen LogP contribution >= 0.6 is 11.8 Å². The third-order valence-electron chi connectivity index (χ3n) is 12.4. The van der Waals surface area contributed by atoms with Crippen LogP contribution in [0.5, 0.6) is 0 Å². The molecule has 2 heterocycles. The van der Waals surface area contributed by atoms with Crippen LogP contribution in [-0.2, 0) is 31.1 Å². The Balaban J connectivity index is 1.49. The number of nitrogens with zero attached hydrogens (tertiary/aromatic N) is 4. The number of hydrogen-bond donors (Lipinski definition) is 3. The van der Waals surface area contributed by atoms with Gasteiger partial charge in [-0.05, 0) is 110 Å². The van der Waals surface area contributed by atoms with Crippen LogP contribution in [0.2, 0.25) is 0 Å². The maximum atomic E-state index is 12.3. The summed E-state index contributed by atoms with van der Waals surface area (Å²) in [5.74, 6) is -0.994. The number of quaternary nitrogens is 2. The Morgan fingerprint density at radius 2 is 1.36 bits per heavy atom. The minimum Gasteiger partial charge on any atom is -0.478 e. The van der Waals surface area contributed by atoms with Crippen LogP contribution < -0.4 is 4.90 Å². The third-order valence-corrected chi connectivity index (χ3v) is 15.4. The zero-order valence-electron chi connectivity index (χ0n) is 38.8. The van der Waals surface area contributed by atoms with E-state index in [1.165, 1.54) is 12.1 Å². The van der Waals surface area contributed by atoms with Crippen LogP contribution in [0.4, 0.5) is 11.4 Å². The van der Waals surface area contributed by atoms with Gasteiger partial charge < -0.3 is 19.0 Å². The maximum Gasteiger partial charge on any atom is 0.335 e. The van der Waals surface area contributed by atoms with Gasteiger partial charge in [0.05, 0.1) is 82.6 Å². The first-order valence-corrected chi connectivity index (χ1v) is 25.4. The smallest absolute Gasteiger partial charge is 0.335 e. The van der Waals surface area contributed by atoms with Crippen LogP contribution in [-0.4, -0.2) is 125 Å². The van der Waals surface area contributed by atoms with E-state index in [0.29, 0.717) is 13.1 Å². The quantitative estimate of drug-likeness (QED) is 0.0722. The lowest BCUT2D eigenvalue weighted by molar-refractivity contribution is -0.871. The number of fused-ring (bicyclic) bond motifs is 2. The lowest BCUT2D eigenvalue weighted by Gasteiger charge is -2.29. The van der Waals surface area contributed by atoms with Crippen molar-refractivity contribution in [2.24, 2.45) is 0 Å². The van der Waals surface area contributed by atoms with Crippen LogP contribution in [0, 0.1) is 0 Å². The Labute approximate surface area is 384 Å². The molecule has 344 valence electrons. The molecule has 0 spiro atoms. The number of allylic oxidation sites excluding steroid dienone is 7. The van der Waals surface area contributed by atoms with E-state index >= 15 is 0 Å². The molecule has 0 unspecified atom stereocenters. The first-order valence-electron chi connectivity index (χ1n) is 21.7. The summed E-state index contributed by atoms with van der Waals surface area (Å²) >= 11 is 1.59. The van der Waals surface area contributed by atoms with Gasteiger partial charge in [-0.2, -0.15) is 21.4 Å². The summed E-state index contributed by atoms with van der Waals surface area (Å²) in [6.45, 7) is 11.6. The van der Waals surface area contributed by atoms with Crippen molar-refractivity contribution in [2.45, 2.75) is 85.3 Å². The van der Waals surface area contributed by atoms with Crippen molar-refractivity contribution >= 4 is 55.1 Å². The fourth-order valence-corrected chi connectivity index (χ4v) is 11.1. The minimum absolute atomic E-state index is 0.137. The molecule has 3 aliphatic rings. The summed E-state index contributed by atoms with van der Waals surface area (Å²) < 4.78 is 73.1. The monoisotopic (exact) mass is 933 g/mol. The van der Waals surface area contributed by atoms with E-state index in [-0.39, 0.29) is 15.4 Å². The summed E-state index contributed by atoms with van der Waals surface area (Å²) in [6.07, 6.45) is 12.9. The molecule has 1 aliphatic carbocycles. The highest BCUT2D eigenvalue weighted by Gasteiger charge is 2.45. The zero-order chi connectivity index (χ0) is 47.2. The molecular weight excluding hydrogens is 869 g/mol. The Bertz CT molecular complexity index is 2720. The number of carbonyl (C=O) groups is 1. The van der Waals surface area contributed by atoms with E-state index < -0.39 is 37.0 Å². The lowest BCUT2D eigenvalue weighted by Crippen LogP contribution is -2.37. The van der Waals surface area contributed by atoms with Crippen molar-refractivity contribution in [3.8, 4) is 0 Å². The van der Waals surface area contributed by atoms with Crippen molar-refractivity contribution in [1.82, 2.24) is 0 Å². The number of benzene rings is 3. The van der Waals surface area contributed by atoms with Gasteiger partial charge in [0, 0.05) is 57.3 Å². The van der Waals surface area contributed by atoms with Gasteiger partial charge >= 0.3 is 5.97 Å². The molecule has 3 aromatic carbocycles. The van der Waals surface area contributed by atoms with Gasteiger partial charge in [-0.15, -0.1) is 0 Å². The molecule has 12 nitrogen and oxygen atoms in total. The topological polar surface area (TPSA) is 152 Å². The predicted molar refractivity (Wildman–Crippen MR) is 256 cm³/mol. The number of anilines is 1. The largest absolute Gasteiger partial charge is 0.478 e. The van der Waals surface area contributed by atoms with Gasteiger partial charge in [0.2, 0.25) is 5.69 Å². The molecule has 3 aromatic rings. The number of carboxylic acid groups (broad SMARTS) is 1. The second-order valence-electron chi connectivity index (χ2n) is 20.2. The standard InChI is InChI=1S/C49H62N4O8S3/c1-48(2)40-32-38(63(56,57)58)22-24-42(40)50(28-12-30-52(5,6)7)44(48)26-18-34-14-11-15-35(46(34)62-37-20-16-36(17-21-37)47(54)55)19-27-45-49(3,4)41-33-39(64(59,60)61)23-25-43(41)51(45)29-13-31-53(8,9)10/h16-27,32-33H,11-15,28-31H2,1-10H3/p+3. The van der Waals surface area contributed by atoms with Crippen molar-refractivity contribution in [3.63, 3.8) is 0 Å². The number of thioether (sulfide) groups is 1. The molecule has 0 bridgehead atoms. The molecule has 15 heteroatoms. The average Bonchev–Trinajstić information content (AvgIpc) is 3.52. The first kappa shape index (κ1) is 49.1. The third kappa shape index (κ3) is 11.0. The van der Waals surface area contributed by atoms with E-state index in [0.717, 1.165) is 109 Å². The molecule has 0 saturated carbocycles. The van der Waals surface area contributed by atoms with E-state index in [9.17, 15) is 35.8 Å². The maximum absolute atomic E-state index is 12.3. The van der Waals surface area contributed by atoms with Crippen molar-refractivity contribution < 1.29 is 49.4 Å². The summed E-state index contributed by atoms with van der Waals surface area (Å²) in [5, 5.41) is 9.65. The Kier molecular flexibility index (Phi) is 13.9. The molecule has 0 fully saturated rings. The Hall–Kier alpha value is -4.35. The molecule has 6 rings (SSSR count). The van der Waals surface area contributed by atoms with E-state index in [1.807, 2.05) is 12.1 Å². The lowest BCUT2D eigenvalue weighted by atomic mass is 9.81. The second-order valence-corrected chi connectivity index (χ2v) is 24.1. The summed E-state index contributed by atoms with van der Waals surface area (Å²) in [4.78, 5) is 15.7. The first-order chi connectivity index (χ1) is 29.6. The molecular formula is C49H65N4O8S3+3. The van der Waals surface area contributed by atoms with Crippen LogP contribution in [0.15, 0.2) is 121 Å². The van der Waals surface area contributed by atoms with Crippen molar-refractivity contribution in [1.29, 1.82) is 0 Å². The van der Waals surface area contributed by atoms with Gasteiger partial charge in [0.25, 0.3) is 20.2 Å². The molecule has 64 heavy (non-hydrogen) atoms. The van der Waals surface area contributed by atoms with Crippen molar-refractivity contribution in [3.05, 3.63) is 123 Å². The molecule has 0 atom stereocenters. The molecule has 0 amide bonds. The number of hydrogen-bond acceptors (Lipinski definition) is 7. The van der Waals surface area contributed by atoms with E-state index in [4.69, 9.17) is 0 Å². The van der Waals surface area contributed by atoms with Crippen LogP contribution in [0.25, 0.3) is 0 Å². The molecule has 2 aliphatic heterocycles. The number of rotatable bonds is 16. The van der Waals surface area contributed by atoms with Gasteiger partial charge in [0.15, 0.2) is 12.3 Å². The fraction of sp³-hybridized carbons (Fsp3) is 0.429. The van der Waals surface area contributed by atoms with Crippen LogP contribution in [0.3, 0.4) is 0 Å². The highest BCUT2D eigenvalue weighted by Crippen LogP contribution is 2.50. The van der Waals surface area contributed by atoms with Gasteiger partial charge in [-0.25, -0.2) is 4.79 Å². The summed E-state index contributed by atoms with van der Waals surface area (Å²) in [6, 6.07) is 16.6. The second kappa shape index (κ2) is 18.1. The SMILES string of the molecule is CC1(C)C(/C=C/C2=C(Sc3ccc(C(=O)O)cc3)C(=C/C=C3/N(CCC[N+](C)(C)C)c4ccc(S(=O)(=O)O)cc4C3(C)C)/CCC2)=[N+](CCC[N+](C)(C)C)c2ccc(S(=O)(=O)O)cc21. The highest BCUT2D eigenvalue weighted by molar-refractivity contribution is 8.03. The Morgan fingerprint density at radius 3 is 1.95 bits per heavy atom. The zero-order valence-corrected chi connectivity index (χ0v) is 41.3. The van der Waals surface area contributed by atoms with Gasteiger partial charge in [0.1, 0.15) is 0 Å². The summed E-state index contributed by atoms with van der Waals surface area (Å²) in [7, 11) is 4.11. The normalized spacial score (nSPS) is 19.0. The number of carboxylic acids is 1. The van der Waals surface area contributed by atoms with Crippen LogP contribution in [0.1, 0.15) is 81.3 Å². The predicted octanol–water partition coefficient (Wildman–Crippen LogP) is 8.84. The van der Waals surface area contributed by atoms with Gasteiger partial charge in [-0.3, -0.25) is 9.11 Å².